The van der Waals surface area contributed by atoms with E-state index in [1.165, 1.54) is 0 Å². The highest BCUT2D eigenvalue weighted by Gasteiger charge is 2.43. The van der Waals surface area contributed by atoms with Gasteiger partial charge in [0.15, 0.2) is 0 Å². The SMILES string of the molecule is CC(C)C[C@H](N)C(=O)N[C@H]1CC[C@@H]2CN(Cc3ccc(C(F)(F)F)cc3)C[C@@H]21. The van der Waals surface area contributed by atoms with Gasteiger partial charge in [-0.2, -0.15) is 13.2 Å². The number of nitrogens with one attached hydrogen (secondary N) is 1. The van der Waals surface area contributed by atoms with Crippen LogP contribution in [0.5, 0.6) is 0 Å². The van der Waals surface area contributed by atoms with E-state index in [9.17, 15) is 18.0 Å². The summed E-state index contributed by atoms with van der Waals surface area (Å²) < 4.78 is 38.1. The highest BCUT2D eigenvalue weighted by molar-refractivity contribution is 5.81. The Kier molecular flexibility index (Phi) is 6.34. The first-order chi connectivity index (χ1) is 13.1. The molecule has 28 heavy (non-hydrogen) atoms. The van der Waals surface area contributed by atoms with Crippen LogP contribution in [0, 0.1) is 17.8 Å². The summed E-state index contributed by atoms with van der Waals surface area (Å²) in [6, 6.07) is 5.08. The minimum Gasteiger partial charge on any atom is -0.352 e. The Morgan fingerprint density at radius 2 is 1.89 bits per heavy atom. The molecular weight excluding hydrogens is 367 g/mol. The molecule has 2 fully saturated rings. The van der Waals surface area contributed by atoms with Gasteiger partial charge >= 0.3 is 6.18 Å². The van der Waals surface area contributed by atoms with E-state index in [2.05, 4.69) is 24.1 Å². The third-order valence-electron chi connectivity index (χ3n) is 6.01. The van der Waals surface area contributed by atoms with Gasteiger partial charge in [-0.25, -0.2) is 0 Å². The number of nitrogens with zero attached hydrogens (tertiary/aromatic N) is 1. The number of hydrogen-bond donors (Lipinski definition) is 2. The summed E-state index contributed by atoms with van der Waals surface area (Å²) in [4.78, 5) is 14.6. The van der Waals surface area contributed by atoms with Crippen molar-refractivity contribution in [3.8, 4) is 0 Å². The normalized spacial score (nSPS) is 26.5. The molecule has 3 rings (SSSR count). The molecular formula is C21H30F3N3O. The average molecular weight is 397 g/mol. The van der Waals surface area contributed by atoms with E-state index in [-0.39, 0.29) is 11.9 Å². The summed E-state index contributed by atoms with van der Waals surface area (Å²) in [5, 5.41) is 3.15. The van der Waals surface area contributed by atoms with Gasteiger partial charge in [-0.3, -0.25) is 9.69 Å². The Morgan fingerprint density at radius 3 is 2.50 bits per heavy atom. The lowest BCUT2D eigenvalue weighted by atomic mass is 9.97. The molecule has 4 nitrogen and oxygen atoms in total. The zero-order chi connectivity index (χ0) is 20.5. The number of likely N-dealkylation sites (tertiary alicyclic amines) is 1. The molecule has 1 aromatic carbocycles. The minimum absolute atomic E-state index is 0.0689. The predicted molar refractivity (Wildman–Crippen MR) is 102 cm³/mol. The van der Waals surface area contributed by atoms with Crippen molar-refractivity contribution in [3.63, 3.8) is 0 Å². The van der Waals surface area contributed by atoms with Crippen molar-refractivity contribution in [1.82, 2.24) is 10.2 Å². The number of benzene rings is 1. The first-order valence-corrected chi connectivity index (χ1v) is 10.1. The first-order valence-electron chi connectivity index (χ1n) is 10.1. The van der Waals surface area contributed by atoms with Crippen molar-refractivity contribution in [1.29, 1.82) is 0 Å². The summed E-state index contributed by atoms with van der Waals surface area (Å²) in [7, 11) is 0. The van der Waals surface area contributed by atoms with Gasteiger partial charge in [0.25, 0.3) is 0 Å². The van der Waals surface area contributed by atoms with Crippen LogP contribution in [0.15, 0.2) is 24.3 Å². The number of carbonyl (C=O) groups excluding carboxylic acids is 1. The molecule has 0 unspecified atom stereocenters. The molecule has 1 amide bonds. The van der Waals surface area contributed by atoms with Gasteiger partial charge in [-0.1, -0.05) is 26.0 Å². The Bertz CT molecular complexity index is 674. The Balaban J connectivity index is 1.53. The molecule has 0 radical (unpaired) electrons. The molecule has 1 aliphatic heterocycles. The molecule has 1 aliphatic carbocycles. The lowest BCUT2D eigenvalue weighted by Crippen LogP contribution is -2.48. The van der Waals surface area contributed by atoms with Crippen LogP contribution in [0.2, 0.25) is 0 Å². The molecule has 1 saturated carbocycles. The van der Waals surface area contributed by atoms with E-state index in [0.29, 0.717) is 30.7 Å². The van der Waals surface area contributed by atoms with E-state index in [1.807, 2.05) is 0 Å². The van der Waals surface area contributed by atoms with Crippen LogP contribution in [-0.4, -0.2) is 36.0 Å². The van der Waals surface area contributed by atoms with Gasteiger partial charge < -0.3 is 11.1 Å². The molecule has 0 spiro atoms. The maximum atomic E-state index is 12.7. The largest absolute Gasteiger partial charge is 0.416 e. The second kappa shape index (κ2) is 8.41. The molecule has 3 N–H and O–H groups in total. The van der Waals surface area contributed by atoms with Crippen LogP contribution in [0.1, 0.15) is 44.2 Å². The summed E-state index contributed by atoms with van der Waals surface area (Å²) in [5.74, 6) is 1.23. The van der Waals surface area contributed by atoms with Crippen molar-refractivity contribution in [3.05, 3.63) is 35.4 Å². The van der Waals surface area contributed by atoms with Crippen molar-refractivity contribution in [2.75, 3.05) is 13.1 Å². The monoisotopic (exact) mass is 397 g/mol. The summed E-state index contributed by atoms with van der Waals surface area (Å²) in [5.41, 5.74) is 6.27. The van der Waals surface area contributed by atoms with Crippen LogP contribution in [0.3, 0.4) is 0 Å². The predicted octanol–water partition coefficient (Wildman–Crippen LogP) is 3.41. The Labute approximate surface area is 164 Å². The Hall–Kier alpha value is -1.60. The smallest absolute Gasteiger partial charge is 0.352 e. The minimum atomic E-state index is -4.30. The second-order valence-corrected chi connectivity index (χ2v) is 8.74. The van der Waals surface area contributed by atoms with E-state index in [4.69, 9.17) is 5.73 Å². The first kappa shape index (κ1) is 21.1. The van der Waals surface area contributed by atoms with E-state index < -0.39 is 17.8 Å². The van der Waals surface area contributed by atoms with E-state index in [1.54, 1.807) is 12.1 Å². The molecule has 0 bridgehead atoms. The van der Waals surface area contributed by atoms with Crippen molar-refractivity contribution in [2.24, 2.45) is 23.5 Å². The number of halogens is 3. The molecule has 1 heterocycles. The summed E-state index contributed by atoms with van der Waals surface area (Å²) in [6.07, 6.45) is -1.58. The van der Waals surface area contributed by atoms with Crippen LogP contribution in [0.4, 0.5) is 13.2 Å². The van der Waals surface area contributed by atoms with Crippen molar-refractivity contribution >= 4 is 5.91 Å². The second-order valence-electron chi connectivity index (χ2n) is 8.74. The number of hydrogen-bond acceptors (Lipinski definition) is 3. The number of rotatable bonds is 6. The topological polar surface area (TPSA) is 58.4 Å². The van der Waals surface area contributed by atoms with Gasteiger partial charge in [0.2, 0.25) is 5.91 Å². The Morgan fingerprint density at radius 1 is 1.21 bits per heavy atom. The van der Waals surface area contributed by atoms with Crippen molar-refractivity contribution in [2.45, 2.75) is 57.9 Å². The highest BCUT2D eigenvalue weighted by Crippen LogP contribution is 2.39. The van der Waals surface area contributed by atoms with Gasteiger partial charge in [0.05, 0.1) is 11.6 Å². The quantitative estimate of drug-likeness (QED) is 0.774. The van der Waals surface area contributed by atoms with Gasteiger partial charge in [0, 0.05) is 25.7 Å². The van der Waals surface area contributed by atoms with Gasteiger partial charge in [0.1, 0.15) is 0 Å². The average Bonchev–Trinajstić information content (AvgIpc) is 3.15. The van der Waals surface area contributed by atoms with Crippen LogP contribution >= 0.6 is 0 Å². The molecule has 4 atom stereocenters. The lowest BCUT2D eigenvalue weighted by Gasteiger charge is -2.24. The molecule has 1 saturated heterocycles. The fourth-order valence-electron chi connectivity index (χ4n) is 4.63. The van der Waals surface area contributed by atoms with Gasteiger partial charge in [-0.05, 0) is 54.7 Å². The number of alkyl halides is 3. The lowest BCUT2D eigenvalue weighted by molar-refractivity contribution is -0.137. The third kappa shape index (κ3) is 5.06. The maximum Gasteiger partial charge on any atom is 0.416 e. The van der Waals surface area contributed by atoms with Crippen LogP contribution < -0.4 is 11.1 Å². The van der Waals surface area contributed by atoms with Crippen molar-refractivity contribution < 1.29 is 18.0 Å². The van der Waals surface area contributed by atoms with E-state index in [0.717, 1.165) is 43.6 Å². The zero-order valence-corrected chi connectivity index (χ0v) is 16.5. The highest BCUT2D eigenvalue weighted by atomic mass is 19.4. The molecule has 1 aromatic rings. The number of nitrogens with two attached hydrogens (primary N) is 1. The number of carbonyl (C=O) groups is 1. The summed E-state index contributed by atoms with van der Waals surface area (Å²) in [6.45, 7) is 6.52. The van der Waals surface area contributed by atoms with Crippen LogP contribution in [-0.2, 0) is 17.5 Å². The number of fused-ring (bicyclic) bond motifs is 1. The third-order valence-corrected chi connectivity index (χ3v) is 6.01. The maximum absolute atomic E-state index is 12.7. The molecule has 156 valence electrons. The van der Waals surface area contributed by atoms with Crippen LogP contribution in [0.25, 0.3) is 0 Å². The zero-order valence-electron chi connectivity index (χ0n) is 16.5. The fraction of sp³-hybridized carbons (Fsp3) is 0.667. The summed E-state index contributed by atoms with van der Waals surface area (Å²) >= 11 is 0. The fourth-order valence-corrected chi connectivity index (χ4v) is 4.63. The molecule has 2 aliphatic rings. The van der Waals surface area contributed by atoms with E-state index >= 15 is 0 Å². The van der Waals surface area contributed by atoms with Gasteiger partial charge in [-0.15, -0.1) is 0 Å². The molecule has 7 heteroatoms. The number of amides is 1. The standard InChI is InChI=1S/C21H30F3N3O/c1-13(2)9-18(25)20(28)26-19-8-5-15-11-27(12-17(15)19)10-14-3-6-16(7-4-14)21(22,23)24/h3-4,6-7,13,15,17-19H,5,8-12,25H2,1-2H3,(H,26,28)/t15-,17+,18+,19+/m1/s1. The molecule has 0 aromatic heterocycles.